The van der Waals surface area contributed by atoms with Crippen molar-refractivity contribution in [2.45, 2.75) is 46.1 Å². The topological polar surface area (TPSA) is 36.7 Å². The fourth-order valence-electron chi connectivity index (χ4n) is 4.68. The molecule has 25 heavy (non-hydrogen) atoms. The normalized spacial score (nSPS) is 24.2. The van der Waals surface area contributed by atoms with E-state index in [4.69, 9.17) is 4.42 Å². The van der Waals surface area contributed by atoms with Crippen molar-refractivity contribution in [1.29, 1.82) is 0 Å². The van der Waals surface area contributed by atoms with Crippen LogP contribution in [0.1, 0.15) is 44.4 Å². The predicted molar refractivity (Wildman–Crippen MR) is 99.4 cm³/mol. The zero-order valence-electron chi connectivity index (χ0n) is 15.4. The molecular weight excluding hydrogens is 312 g/mol. The van der Waals surface area contributed by atoms with Crippen LogP contribution in [0.3, 0.4) is 0 Å². The second kappa shape index (κ2) is 6.49. The van der Waals surface area contributed by atoms with Gasteiger partial charge in [-0.3, -0.25) is 9.69 Å². The van der Waals surface area contributed by atoms with Crippen LogP contribution in [0.5, 0.6) is 0 Å². The molecule has 0 saturated carbocycles. The first-order valence-corrected chi connectivity index (χ1v) is 9.68. The van der Waals surface area contributed by atoms with E-state index in [1.54, 1.807) is 0 Å². The smallest absolute Gasteiger partial charge is 0.230 e. The largest absolute Gasteiger partial charge is 0.461 e. The lowest BCUT2D eigenvalue weighted by molar-refractivity contribution is -0.135. The number of benzene rings is 1. The van der Waals surface area contributed by atoms with E-state index in [0.717, 1.165) is 69.8 Å². The van der Waals surface area contributed by atoms with Gasteiger partial charge in [0.2, 0.25) is 5.91 Å². The highest BCUT2D eigenvalue weighted by Crippen LogP contribution is 2.41. The van der Waals surface area contributed by atoms with Gasteiger partial charge in [0.05, 0.1) is 5.41 Å². The van der Waals surface area contributed by atoms with Crippen molar-refractivity contribution in [3.05, 3.63) is 35.6 Å². The number of para-hydroxylation sites is 1. The molecule has 0 bridgehead atoms. The molecule has 1 amide bonds. The predicted octanol–water partition coefficient (Wildman–Crippen LogP) is 3.83. The highest BCUT2D eigenvalue weighted by atomic mass is 16.3. The van der Waals surface area contributed by atoms with Crippen molar-refractivity contribution in [1.82, 2.24) is 9.80 Å². The van der Waals surface area contributed by atoms with Crippen molar-refractivity contribution in [3.8, 4) is 0 Å². The SMILES string of the molecule is CCCN1CCC2(CCN(Cc3c(CC)oc4ccccc34)C2)C1=O. The van der Waals surface area contributed by atoms with Gasteiger partial charge in [0.25, 0.3) is 0 Å². The molecule has 134 valence electrons. The Kier molecular flexibility index (Phi) is 4.32. The first kappa shape index (κ1) is 16.6. The fraction of sp³-hybridized carbons (Fsp3) is 0.571. The van der Waals surface area contributed by atoms with Crippen molar-refractivity contribution in [2.24, 2.45) is 5.41 Å². The monoisotopic (exact) mass is 340 g/mol. The molecule has 0 N–H and O–H groups in total. The average molecular weight is 340 g/mol. The third kappa shape index (κ3) is 2.77. The maximum atomic E-state index is 12.9. The van der Waals surface area contributed by atoms with Gasteiger partial charge in [-0.25, -0.2) is 0 Å². The number of aryl methyl sites for hydroxylation is 1. The van der Waals surface area contributed by atoms with Gasteiger partial charge in [-0.15, -0.1) is 0 Å². The standard InChI is InChI=1S/C21H28N2O2/c1-3-11-23-13-10-21(20(23)24)9-12-22(15-21)14-17-16-7-5-6-8-19(16)25-18(17)4-2/h5-8H,3-4,9-15H2,1-2H3. The van der Waals surface area contributed by atoms with Crippen LogP contribution >= 0.6 is 0 Å². The van der Waals surface area contributed by atoms with Gasteiger partial charge in [0.1, 0.15) is 11.3 Å². The molecule has 4 nitrogen and oxygen atoms in total. The molecule has 0 radical (unpaired) electrons. The number of likely N-dealkylation sites (tertiary alicyclic amines) is 2. The lowest BCUT2D eigenvalue weighted by Gasteiger charge is -2.23. The number of hydrogen-bond donors (Lipinski definition) is 0. The van der Waals surface area contributed by atoms with Crippen LogP contribution in [0.25, 0.3) is 11.0 Å². The Labute approximate surface area is 149 Å². The minimum atomic E-state index is -0.124. The second-order valence-electron chi connectivity index (χ2n) is 7.64. The van der Waals surface area contributed by atoms with E-state index in [2.05, 4.69) is 35.8 Å². The lowest BCUT2D eigenvalue weighted by Crippen LogP contribution is -2.37. The fourth-order valence-corrected chi connectivity index (χ4v) is 4.68. The maximum absolute atomic E-state index is 12.9. The number of carbonyl (C=O) groups is 1. The van der Waals surface area contributed by atoms with Crippen molar-refractivity contribution in [3.63, 3.8) is 0 Å². The van der Waals surface area contributed by atoms with Gasteiger partial charge in [-0.2, -0.15) is 0 Å². The van der Waals surface area contributed by atoms with Gasteiger partial charge < -0.3 is 9.32 Å². The molecular formula is C21H28N2O2. The maximum Gasteiger partial charge on any atom is 0.230 e. The van der Waals surface area contributed by atoms with Gasteiger partial charge >= 0.3 is 0 Å². The van der Waals surface area contributed by atoms with E-state index in [1.807, 2.05) is 12.1 Å². The average Bonchev–Trinajstić information content (AvgIpc) is 3.29. The molecule has 4 heteroatoms. The molecule has 1 aromatic heterocycles. The molecule has 1 atom stereocenters. The minimum absolute atomic E-state index is 0.124. The van der Waals surface area contributed by atoms with Crippen molar-refractivity contribution >= 4 is 16.9 Å². The molecule has 2 aromatic rings. The van der Waals surface area contributed by atoms with E-state index in [-0.39, 0.29) is 5.41 Å². The highest BCUT2D eigenvalue weighted by molar-refractivity contribution is 5.85. The zero-order chi connectivity index (χ0) is 17.4. The van der Waals surface area contributed by atoms with Crippen LogP contribution in [0.15, 0.2) is 28.7 Å². The summed E-state index contributed by atoms with van der Waals surface area (Å²) in [5.74, 6) is 1.48. The van der Waals surface area contributed by atoms with Gasteiger partial charge in [0, 0.05) is 43.5 Å². The molecule has 1 spiro atoms. The molecule has 1 unspecified atom stereocenters. The Hall–Kier alpha value is -1.81. The molecule has 0 aliphatic carbocycles. The van der Waals surface area contributed by atoms with E-state index in [9.17, 15) is 4.79 Å². The number of rotatable bonds is 5. The van der Waals surface area contributed by atoms with E-state index >= 15 is 0 Å². The molecule has 2 saturated heterocycles. The summed E-state index contributed by atoms with van der Waals surface area (Å²) in [6, 6.07) is 8.31. The van der Waals surface area contributed by atoms with E-state index in [1.165, 1.54) is 10.9 Å². The quantitative estimate of drug-likeness (QED) is 0.830. The van der Waals surface area contributed by atoms with Crippen LogP contribution < -0.4 is 0 Å². The summed E-state index contributed by atoms with van der Waals surface area (Å²) in [6.45, 7) is 8.94. The molecule has 2 aliphatic rings. The molecule has 3 heterocycles. The number of hydrogen-bond acceptors (Lipinski definition) is 3. The summed E-state index contributed by atoms with van der Waals surface area (Å²) < 4.78 is 6.04. The number of fused-ring (bicyclic) bond motifs is 1. The second-order valence-corrected chi connectivity index (χ2v) is 7.64. The molecule has 1 aromatic carbocycles. The summed E-state index contributed by atoms with van der Waals surface area (Å²) in [5, 5.41) is 1.23. The summed E-state index contributed by atoms with van der Waals surface area (Å²) in [5.41, 5.74) is 2.17. The van der Waals surface area contributed by atoms with Gasteiger partial charge in [-0.05, 0) is 31.9 Å². The minimum Gasteiger partial charge on any atom is -0.461 e. The summed E-state index contributed by atoms with van der Waals surface area (Å²) in [6.07, 6.45) is 3.98. The van der Waals surface area contributed by atoms with Crippen molar-refractivity contribution < 1.29 is 9.21 Å². The highest BCUT2D eigenvalue weighted by Gasteiger charge is 2.50. The first-order valence-electron chi connectivity index (χ1n) is 9.68. The molecule has 4 rings (SSSR count). The van der Waals surface area contributed by atoms with E-state index < -0.39 is 0 Å². The molecule has 2 aliphatic heterocycles. The van der Waals surface area contributed by atoms with Crippen molar-refractivity contribution in [2.75, 3.05) is 26.2 Å². The Balaban J connectivity index is 1.53. The number of carbonyl (C=O) groups excluding carboxylic acids is 1. The Bertz CT molecular complexity index is 781. The third-order valence-corrected chi connectivity index (χ3v) is 6.01. The van der Waals surface area contributed by atoms with Gasteiger partial charge in [0.15, 0.2) is 0 Å². The molecule has 2 fully saturated rings. The zero-order valence-corrected chi connectivity index (χ0v) is 15.4. The number of nitrogens with zero attached hydrogens (tertiary/aromatic N) is 2. The van der Waals surface area contributed by atoms with E-state index in [0.29, 0.717) is 5.91 Å². The van der Waals surface area contributed by atoms with Crippen LogP contribution in [0, 0.1) is 5.41 Å². The first-order chi connectivity index (χ1) is 12.2. The van der Waals surface area contributed by atoms with Gasteiger partial charge in [-0.1, -0.05) is 32.0 Å². The Morgan fingerprint density at radius 3 is 2.76 bits per heavy atom. The lowest BCUT2D eigenvalue weighted by atomic mass is 9.85. The van der Waals surface area contributed by atoms with Crippen LogP contribution in [-0.4, -0.2) is 41.9 Å². The Morgan fingerprint density at radius 2 is 1.96 bits per heavy atom. The summed E-state index contributed by atoms with van der Waals surface area (Å²) in [7, 11) is 0. The van der Waals surface area contributed by atoms with Crippen LogP contribution in [0.4, 0.5) is 0 Å². The Morgan fingerprint density at radius 1 is 1.16 bits per heavy atom. The number of amides is 1. The number of furan rings is 1. The summed E-state index contributed by atoms with van der Waals surface area (Å²) in [4.78, 5) is 17.4. The van der Waals surface area contributed by atoms with Crippen LogP contribution in [-0.2, 0) is 17.8 Å². The van der Waals surface area contributed by atoms with Crippen LogP contribution in [0.2, 0.25) is 0 Å². The third-order valence-electron chi connectivity index (χ3n) is 6.01. The summed E-state index contributed by atoms with van der Waals surface area (Å²) >= 11 is 0.